The Bertz CT molecular complexity index is 6660. The SMILES string of the molecule is Cc1cc([N+](=O)[O-])sc1NC(=O)c1cccs1.Cc1ccc(Cl)c(C(=O)Nc2sc([N+](=O)[O-])cc2C)c1.Cc1cnc(NC(=O)Nc2ccc(F)cc2)s1.Cc1cnc(NC(=O)c2ccc(-c3cccs3)o2)s1.Cc1cnc(NC(=O)c2ccc(Br)s2)s1.Cc1cnc(NC(=O)c2ccc(Cl)s2)s1.Cc1cnc(NC(=O)c2cccs2)s1.Cc1sc(NC(=O)c2cccs2)nc1Cl. The number of amides is 9. The van der Waals surface area contributed by atoms with Crippen LogP contribution in [-0.2, 0) is 0 Å². The molecular formula is C83H68BrCl3FN17O13S14. The molecule has 0 aliphatic heterocycles. The van der Waals surface area contributed by atoms with Crippen molar-refractivity contribution in [2.24, 2.45) is 0 Å². The van der Waals surface area contributed by atoms with Gasteiger partial charge in [-0.25, -0.2) is 39.1 Å². The Morgan fingerprint density at radius 2 is 0.818 bits per heavy atom. The number of rotatable bonds is 19. The van der Waals surface area contributed by atoms with Crippen LogP contribution < -0.4 is 47.9 Å². The summed E-state index contributed by atoms with van der Waals surface area (Å²) in [5, 5.41) is 58.3. The zero-order valence-electron chi connectivity index (χ0n) is 69.5. The second kappa shape index (κ2) is 50.6. The topological polar surface area (TPSA) is 422 Å². The van der Waals surface area contributed by atoms with Gasteiger partial charge in [0.1, 0.15) is 26.7 Å². The normalized spacial score (nSPS) is 10.3. The van der Waals surface area contributed by atoms with E-state index in [0.29, 0.717) is 108 Å². The second-order valence-electron chi connectivity index (χ2n) is 26.0. The molecule has 132 heavy (non-hydrogen) atoms. The van der Waals surface area contributed by atoms with Gasteiger partial charge in [0.15, 0.2) is 36.5 Å². The highest BCUT2D eigenvalue weighted by atomic mass is 79.9. The lowest BCUT2D eigenvalue weighted by molar-refractivity contribution is -0.380. The number of urea groups is 1. The van der Waals surface area contributed by atoms with E-state index in [1.807, 2.05) is 94.9 Å². The van der Waals surface area contributed by atoms with E-state index in [9.17, 15) is 63.0 Å². The number of carbonyl (C=O) groups excluding carboxylic acids is 8. The minimum atomic E-state index is -0.479. The molecule has 0 fully saturated rings. The van der Waals surface area contributed by atoms with E-state index in [-0.39, 0.29) is 62.9 Å². The van der Waals surface area contributed by atoms with E-state index in [2.05, 4.69) is 93.7 Å². The lowest BCUT2D eigenvalue weighted by Crippen LogP contribution is -2.19. The van der Waals surface area contributed by atoms with E-state index < -0.39 is 15.9 Å². The molecule has 17 aromatic rings. The summed E-state index contributed by atoms with van der Waals surface area (Å²) in [4.78, 5) is 149. The van der Waals surface area contributed by atoms with E-state index in [0.717, 1.165) is 66.2 Å². The number of anilines is 9. The van der Waals surface area contributed by atoms with Crippen molar-refractivity contribution in [2.45, 2.75) is 62.3 Å². The molecule has 0 spiro atoms. The Kier molecular flexibility index (Phi) is 39.4. The Hall–Kier alpha value is -11.3. The molecule has 0 aliphatic rings. The van der Waals surface area contributed by atoms with Gasteiger partial charge in [-0.2, -0.15) is 0 Å². The van der Waals surface area contributed by atoms with Crippen molar-refractivity contribution in [2.75, 3.05) is 47.9 Å². The fourth-order valence-electron chi connectivity index (χ4n) is 9.69. The molecule has 49 heteroatoms. The van der Waals surface area contributed by atoms with Crippen molar-refractivity contribution in [3.8, 4) is 10.6 Å². The summed E-state index contributed by atoms with van der Waals surface area (Å²) < 4.78 is 19.7. The third kappa shape index (κ3) is 32.9. The minimum absolute atomic E-state index is 0.00635. The number of nitrogens with zero attached hydrogens (tertiary/aromatic N) is 8. The van der Waals surface area contributed by atoms with Crippen molar-refractivity contribution in [1.29, 1.82) is 0 Å². The molecule has 0 radical (unpaired) electrons. The van der Waals surface area contributed by atoms with E-state index in [1.54, 1.807) is 134 Å². The average molecular weight is 2170 g/mol. The van der Waals surface area contributed by atoms with Crippen molar-refractivity contribution in [3.63, 3.8) is 0 Å². The van der Waals surface area contributed by atoms with Crippen molar-refractivity contribution in [1.82, 2.24) is 29.9 Å². The summed E-state index contributed by atoms with van der Waals surface area (Å²) in [5.41, 5.74) is 3.14. The molecule has 682 valence electrons. The summed E-state index contributed by atoms with van der Waals surface area (Å²) >= 11 is 39.7. The predicted octanol–water partition coefficient (Wildman–Crippen LogP) is 27.8. The third-order valence-electron chi connectivity index (χ3n) is 15.7. The lowest BCUT2D eigenvalue weighted by atomic mass is 10.1. The molecule has 30 nitrogen and oxygen atoms in total. The molecule has 0 saturated carbocycles. The van der Waals surface area contributed by atoms with Crippen molar-refractivity contribution < 1.29 is 57.0 Å². The van der Waals surface area contributed by atoms with Gasteiger partial charge >= 0.3 is 16.0 Å². The maximum absolute atomic E-state index is 12.6. The second-order valence-corrected chi connectivity index (χ2v) is 44.2. The largest absolute Gasteiger partial charge is 0.450 e. The van der Waals surface area contributed by atoms with Crippen LogP contribution >= 0.6 is 209 Å². The summed E-state index contributed by atoms with van der Waals surface area (Å²) in [7, 11) is 0. The maximum atomic E-state index is 12.6. The number of thiophene rings is 8. The highest BCUT2D eigenvalue weighted by Crippen LogP contribution is 2.37. The molecule has 0 saturated heterocycles. The van der Waals surface area contributed by atoms with Crippen molar-refractivity contribution in [3.05, 3.63) is 318 Å². The van der Waals surface area contributed by atoms with Crippen LogP contribution in [0.15, 0.2) is 200 Å². The van der Waals surface area contributed by atoms with E-state index in [1.165, 1.54) is 161 Å². The molecule has 2 aromatic carbocycles. The molecule has 0 aliphatic carbocycles. The quantitative estimate of drug-likeness (QED) is 0.0268. The molecule has 9 N–H and O–H groups in total. The first-order chi connectivity index (χ1) is 63.0. The van der Waals surface area contributed by atoms with Crippen LogP contribution in [0.5, 0.6) is 0 Å². The average Bonchev–Trinajstić information content (AvgIpc) is 1.74. The Morgan fingerprint density at radius 3 is 1.20 bits per heavy atom. The summed E-state index contributed by atoms with van der Waals surface area (Å²) in [6.07, 6.45) is 8.61. The third-order valence-corrected chi connectivity index (χ3v) is 30.1. The first-order valence-corrected chi connectivity index (χ1v) is 50.9. The van der Waals surface area contributed by atoms with Crippen LogP contribution in [0.4, 0.5) is 65.7 Å². The van der Waals surface area contributed by atoms with Crippen LogP contribution in [-0.4, -0.2) is 87.1 Å². The number of carbonyl (C=O) groups is 8. The summed E-state index contributed by atoms with van der Waals surface area (Å²) in [5.74, 6) is -0.750. The van der Waals surface area contributed by atoms with Crippen LogP contribution in [0.25, 0.3) is 10.6 Å². The molecular weight excluding hydrogens is 2100 g/mol. The van der Waals surface area contributed by atoms with Gasteiger partial charge in [0, 0.05) is 78.1 Å². The zero-order chi connectivity index (χ0) is 95.2. The van der Waals surface area contributed by atoms with Gasteiger partial charge in [0.05, 0.1) is 57.8 Å². The molecule has 9 amide bonds. The fraction of sp³-hybridized carbons (Fsp3) is 0.108. The first-order valence-electron chi connectivity index (χ1n) is 37.3. The van der Waals surface area contributed by atoms with Crippen molar-refractivity contribution >= 4 is 313 Å². The number of hydrogen-bond donors (Lipinski definition) is 9. The summed E-state index contributed by atoms with van der Waals surface area (Å²) in [6, 6.07) is 38.3. The Balaban J connectivity index is 0.000000157. The number of hydrogen-bond acceptors (Lipinski definition) is 33. The van der Waals surface area contributed by atoms with Gasteiger partial charge in [0.25, 0.3) is 41.4 Å². The molecule has 15 heterocycles. The van der Waals surface area contributed by atoms with Crippen LogP contribution in [0.1, 0.15) is 115 Å². The smallest absolute Gasteiger partial charge is 0.326 e. The number of aryl methyl sites for hydroxylation is 9. The Morgan fingerprint density at radius 1 is 0.402 bits per heavy atom. The highest BCUT2D eigenvalue weighted by Gasteiger charge is 2.22. The number of aromatic nitrogens is 6. The number of halogens is 5. The molecule has 17 rings (SSSR count). The lowest BCUT2D eigenvalue weighted by Gasteiger charge is -2.06. The monoisotopic (exact) mass is 2160 g/mol. The minimum Gasteiger partial charge on any atom is -0.450 e. The first kappa shape index (κ1) is 103. The van der Waals surface area contributed by atoms with E-state index >= 15 is 0 Å². The van der Waals surface area contributed by atoms with Crippen LogP contribution in [0, 0.1) is 88.4 Å². The molecule has 15 aromatic heterocycles. The highest BCUT2D eigenvalue weighted by molar-refractivity contribution is 9.11. The van der Waals surface area contributed by atoms with Crippen LogP contribution in [0.2, 0.25) is 14.5 Å². The number of benzene rings is 2. The van der Waals surface area contributed by atoms with Gasteiger partial charge in [-0.3, -0.25) is 85.7 Å². The molecule has 0 bridgehead atoms. The van der Waals surface area contributed by atoms with Gasteiger partial charge in [-0.15, -0.1) is 136 Å². The zero-order valence-corrected chi connectivity index (χ0v) is 84.8. The van der Waals surface area contributed by atoms with Gasteiger partial charge in [-0.05, 0) is 231 Å². The Labute approximate surface area is 830 Å². The van der Waals surface area contributed by atoms with Gasteiger partial charge in [-0.1, -0.05) is 70.7 Å². The van der Waals surface area contributed by atoms with Gasteiger partial charge < -0.3 is 20.4 Å². The van der Waals surface area contributed by atoms with Crippen LogP contribution in [0.3, 0.4) is 0 Å². The molecule has 0 atom stereocenters. The molecule has 0 unspecified atom stereocenters. The maximum Gasteiger partial charge on any atom is 0.326 e. The fourth-order valence-corrected chi connectivity index (χ4v) is 20.7. The standard InChI is InChI=1S/C13H11ClN2O3S.C13H10N2O2S2.C11H10FN3OS.C10H8N2O3S2.C9H7BrN2OS2.2C9H7ClN2OS2.C9H8N2OS2/c1-7-3-4-10(14)9(5-7)12(17)15-13-8(2)6-11(20-13)16(18)19;1-8-7-14-13(19-8)15-12(16)10-5-4-9(17-10)11-3-2-6-18-11;1-7-6-13-11(17-7)15-10(16)14-9-4-2-8(12)3-5-9;1-6-5-8(12(14)15)17-10(6)11-9(13)7-3-2-4-16-7;2*1-5-4-11-9(14-5)12-8(13)6-2-3-7(10)15-6;1-5-7(10)11-9(15-5)12-8(13)6-3-2-4-14-6;1-6-5-10-9(14-6)11-8(12)7-3-2-4-13-7/h3-6H,1-2H3,(H,15,17);2-7H,1H3,(H,14,15,16);2-6H,1H3,(H2,13,14,15,16);2-5H,1H3,(H,11,13);3*2-4H,1H3,(H,11,12,13);2-5H,1H3,(H,10,11,12). The number of nitro groups is 2. The number of nitrogens with one attached hydrogen (secondary N) is 9. The number of thiazole rings is 6. The van der Waals surface area contributed by atoms with Gasteiger partial charge in [0.2, 0.25) is 0 Å². The summed E-state index contributed by atoms with van der Waals surface area (Å²) in [6.45, 7) is 16.8. The van der Waals surface area contributed by atoms with E-state index in [4.69, 9.17) is 39.2 Å². The number of furan rings is 1. The predicted molar refractivity (Wildman–Crippen MR) is 545 cm³/mol.